The Bertz CT molecular complexity index is 533. The number of imide groups is 1. The Hall–Kier alpha value is -1.64. The predicted molar refractivity (Wildman–Crippen MR) is 70.9 cm³/mol. The van der Waals surface area contributed by atoms with E-state index in [0.717, 1.165) is 25.7 Å². The molecule has 4 rings (SSSR count). The maximum Gasteiger partial charge on any atom is 0.262 e. The van der Waals surface area contributed by atoms with E-state index < -0.39 is 0 Å². The third kappa shape index (κ3) is 1.28. The van der Waals surface area contributed by atoms with Gasteiger partial charge in [-0.2, -0.15) is 0 Å². The van der Waals surface area contributed by atoms with Gasteiger partial charge >= 0.3 is 0 Å². The van der Waals surface area contributed by atoms with Gasteiger partial charge in [-0.05, 0) is 43.7 Å². The normalized spacial score (nSPS) is 32.8. The van der Waals surface area contributed by atoms with Crippen LogP contribution in [0, 0.1) is 5.92 Å². The Balaban J connectivity index is 1.82. The van der Waals surface area contributed by atoms with Gasteiger partial charge in [0.05, 0.1) is 16.7 Å². The molecule has 0 unspecified atom stereocenters. The molecule has 0 aromatic heterocycles. The fourth-order valence-corrected chi connectivity index (χ4v) is 4.52. The average molecular weight is 255 g/mol. The van der Waals surface area contributed by atoms with Crippen LogP contribution in [0.5, 0.6) is 0 Å². The molecule has 19 heavy (non-hydrogen) atoms. The zero-order valence-electron chi connectivity index (χ0n) is 10.9. The smallest absolute Gasteiger partial charge is 0.262 e. The minimum absolute atomic E-state index is 0.0607. The zero-order chi connectivity index (χ0) is 13.0. The van der Waals surface area contributed by atoms with E-state index >= 15 is 0 Å². The highest BCUT2D eigenvalue weighted by Gasteiger charge is 2.56. The van der Waals surface area contributed by atoms with Crippen molar-refractivity contribution in [3.05, 3.63) is 35.4 Å². The van der Waals surface area contributed by atoms with Crippen LogP contribution in [0.1, 0.15) is 59.2 Å². The number of rotatable bonds is 1. The summed E-state index contributed by atoms with van der Waals surface area (Å²) in [5.41, 5.74) is 1.03. The van der Waals surface area contributed by atoms with E-state index in [-0.39, 0.29) is 17.4 Å². The van der Waals surface area contributed by atoms with E-state index in [1.165, 1.54) is 12.8 Å². The summed E-state index contributed by atoms with van der Waals surface area (Å²) in [6, 6.07) is 7.24. The van der Waals surface area contributed by atoms with Gasteiger partial charge in [0.1, 0.15) is 0 Å². The van der Waals surface area contributed by atoms with E-state index in [4.69, 9.17) is 0 Å². The summed E-state index contributed by atoms with van der Waals surface area (Å²) in [5.74, 6) is 0.415. The van der Waals surface area contributed by atoms with E-state index in [9.17, 15) is 9.59 Å². The molecule has 2 fully saturated rings. The van der Waals surface area contributed by atoms with Crippen LogP contribution in [-0.2, 0) is 0 Å². The molecule has 0 bridgehead atoms. The molecule has 2 aliphatic carbocycles. The van der Waals surface area contributed by atoms with Crippen LogP contribution >= 0.6 is 0 Å². The Morgan fingerprint density at radius 3 is 2.00 bits per heavy atom. The summed E-state index contributed by atoms with van der Waals surface area (Å²) in [5, 5.41) is 0. The molecular formula is C16H17NO2. The lowest BCUT2D eigenvalue weighted by molar-refractivity contribution is 0.0376. The summed E-state index contributed by atoms with van der Waals surface area (Å²) in [4.78, 5) is 26.9. The highest BCUT2D eigenvalue weighted by atomic mass is 16.2. The molecular weight excluding hydrogens is 238 g/mol. The monoisotopic (exact) mass is 255 g/mol. The molecule has 0 radical (unpaired) electrons. The second-order valence-corrected chi connectivity index (χ2v) is 6.08. The number of nitrogens with zero attached hydrogens (tertiary/aromatic N) is 1. The van der Waals surface area contributed by atoms with Gasteiger partial charge in [0.25, 0.3) is 11.8 Å². The zero-order valence-corrected chi connectivity index (χ0v) is 10.9. The van der Waals surface area contributed by atoms with Crippen molar-refractivity contribution in [2.24, 2.45) is 5.92 Å². The largest absolute Gasteiger partial charge is 0.269 e. The van der Waals surface area contributed by atoms with Crippen molar-refractivity contribution in [3.8, 4) is 0 Å². The van der Waals surface area contributed by atoms with Gasteiger partial charge in [-0.25, -0.2) is 0 Å². The minimum Gasteiger partial charge on any atom is -0.269 e. The highest BCUT2D eigenvalue weighted by molar-refractivity contribution is 6.21. The van der Waals surface area contributed by atoms with E-state index in [1.54, 1.807) is 17.0 Å². The molecule has 0 saturated heterocycles. The lowest BCUT2D eigenvalue weighted by Crippen LogP contribution is -2.51. The van der Waals surface area contributed by atoms with Crippen LogP contribution in [0.25, 0.3) is 0 Å². The Kier molecular flexibility index (Phi) is 2.17. The minimum atomic E-state index is -0.160. The van der Waals surface area contributed by atoms with Crippen molar-refractivity contribution in [2.75, 3.05) is 0 Å². The molecule has 0 N–H and O–H groups in total. The van der Waals surface area contributed by atoms with E-state index in [0.29, 0.717) is 17.0 Å². The third-order valence-electron chi connectivity index (χ3n) is 5.32. The molecule has 0 spiro atoms. The molecule has 1 aliphatic heterocycles. The Morgan fingerprint density at radius 1 is 0.947 bits per heavy atom. The second kappa shape index (κ2) is 3.69. The SMILES string of the molecule is O=C1c2ccccc2C(=O)N1C12CCCC1CCC2. The molecule has 0 atom stereocenters. The molecule has 98 valence electrons. The predicted octanol–water partition coefficient (Wildman–Crippen LogP) is 3.01. The van der Waals surface area contributed by atoms with Gasteiger partial charge in [0.2, 0.25) is 0 Å². The second-order valence-electron chi connectivity index (χ2n) is 6.08. The number of amides is 2. The molecule has 2 saturated carbocycles. The Morgan fingerprint density at radius 2 is 1.47 bits per heavy atom. The van der Waals surface area contributed by atoms with E-state index in [1.807, 2.05) is 12.1 Å². The molecule has 3 nitrogen and oxygen atoms in total. The first-order chi connectivity index (χ1) is 9.24. The lowest BCUT2D eigenvalue weighted by atomic mass is 9.88. The maximum atomic E-state index is 12.6. The topological polar surface area (TPSA) is 37.4 Å². The summed E-state index contributed by atoms with van der Waals surface area (Å²) in [6.45, 7) is 0. The van der Waals surface area contributed by atoms with Crippen molar-refractivity contribution in [1.29, 1.82) is 0 Å². The number of carbonyl (C=O) groups is 2. The molecule has 1 heterocycles. The summed E-state index contributed by atoms with van der Waals surface area (Å²) in [6.07, 6.45) is 6.66. The molecule has 1 aromatic carbocycles. The van der Waals surface area contributed by atoms with Gasteiger partial charge in [-0.1, -0.05) is 25.0 Å². The van der Waals surface area contributed by atoms with Crippen LogP contribution < -0.4 is 0 Å². The van der Waals surface area contributed by atoms with Gasteiger partial charge in [0, 0.05) is 0 Å². The van der Waals surface area contributed by atoms with Crippen LogP contribution in [0.4, 0.5) is 0 Å². The molecule has 3 heteroatoms. The molecule has 1 aromatic rings. The van der Waals surface area contributed by atoms with Crippen LogP contribution in [0.15, 0.2) is 24.3 Å². The Labute approximate surface area is 112 Å². The lowest BCUT2D eigenvalue weighted by Gasteiger charge is -2.37. The standard InChI is InChI=1S/C16H17NO2/c18-14-12-7-1-2-8-13(12)15(19)17(14)16-9-3-5-11(16)6-4-10-16/h1-2,7-8,11H,3-6,9-10H2. The average Bonchev–Trinajstić information content (AvgIpc) is 3.04. The van der Waals surface area contributed by atoms with Crippen LogP contribution in [0.3, 0.4) is 0 Å². The number of fused-ring (bicyclic) bond motifs is 2. The first-order valence-corrected chi connectivity index (χ1v) is 7.22. The van der Waals surface area contributed by atoms with Gasteiger partial charge in [-0.3, -0.25) is 14.5 Å². The van der Waals surface area contributed by atoms with Crippen LogP contribution in [-0.4, -0.2) is 22.3 Å². The van der Waals surface area contributed by atoms with Crippen LogP contribution in [0.2, 0.25) is 0 Å². The van der Waals surface area contributed by atoms with Gasteiger partial charge in [0.15, 0.2) is 0 Å². The summed E-state index contributed by atoms with van der Waals surface area (Å²) < 4.78 is 0. The fraction of sp³-hybridized carbons (Fsp3) is 0.500. The van der Waals surface area contributed by atoms with Crippen molar-refractivity contribution >= 4 is 11.8 Å². The van der Waals surface area contributed by atoms with Crippen molar-refractivity contribution in [2.45, 2.75) is 44.1 Å². The summed E-state index contributed by atoms with van der Waals surface area (Å²) >= 11 is 0. The summed E-state index contributed by atoms with van der Waals surface area (Å²) in [7, 11) is 0. The third-order valence-corrected chi connectivity index (χ3v) is 5.32. The molecule has 2 amide bonds. The maximum absolute atomic E-state index is 12.6. The number of hydrogen-bond donors (Lipinski definition) is 0. The van der Waals surface area contributed by atoms with Crippen molar-refractivity contribution in [1.82, 2.24) is 4.90 Å². The van der Waals surface area contributed by atoms with E-state index in [2.05, 4.69) is 0 Å². The first kappa shape index (κ1) is 11.2. The molecule has 3 aliphatic rings. The van der Waals surface area contributed by atoms with Gasteiger partial charge in [-0.15, -0.1) is 0 Å². The number of benzene rings is 1. The van der Waals surface area contributed by atoms with Crippen molar-refractivity contribution in [3.63, 3.8) is 0 Å². The fourth-order valence-electron chi connectivity index (χ4n) is 4.52. The highest BCUT2D eigenvalue weighted by Crippen LogP contribution is 2.52. The van der Waals surface area contributed by atoms with Gasteiger partial charge < -0.3 is 0 Å². The number of hydrogen-bond acceptors (Lipinski definition) is 2. The first-order valence-electron chi connectivity index (χ1n) is 7.22. The van der Waals surface area contributed by atoms with Crippen molar-refractivity contribution < 1.29 is 9.59 Å². The quantitative estimate of drug-likeness (QED) is 0.723. The number of carbonyl (C=O) groups excluding carboxylic acids is 2.